The summed E-state index contributed by atoms with van der Waals surface area (Å²) in [6.45, 7) is 4.09. The summed E-state index contributed by atoms with van der Waals surface area (Å²) in [4.78, 5) is 6.90. The van der Waals surface area contributed by atoms with Gasteiger partial charge in [-0.2, -0.15) is 9.36 Å². The molecular weight excluding hydrogens is 303 g/mol. The van der Waals surface area contributed by atoms with Crippen LogP contribution in [0.3, 0.4) is 0 Å². The number of aromatic nitrogens is 2. The first kappa shape index (κ1) is 16.2. The lowest BCUT2D eigenvalue weighted by atomic mass is 10.2. The lowest BCUT2D eigenvalue weighted by Crippen LogP contribution is -2.43. The highest BCUT2D eigenvalue weighted by molar-refractivity contribution is 7.09. The van der Waals surface area contributed by atoms with Crippen LogP contribution in [0.1, 0.15) is 0 Å². The van der Waals surface area contributed by atoms with E-state index in [1.807, 2.05) is 30.3 Å². The molecular formula is C12H16Cl2N4S. The summed E-state index contributed by atoms with van der Waals surface area (Å²) < 4.78 is 4.43. The van der Waals surface area contributed by atoms with Crippen molar-refractivity contribution in [2.75, 3.05) is 31.1 Å². The molecule has 1 saturated heterocycles. The molecule has 0 saturated carbocycles. The molecule has 0 atom stereocenters. The van der Waals surface area contributed by atoms with Gasteiger partial charge in [0.15, 0.2) is 5.82 Å². The van der Waals surface area contributed by atoms with E-state index in [1.54, 1.807) is 0 Å². The van der Waals surface area contributed by atoms with Crippen molar-refractivity contribution in [1.29, 1.82) is 0 Å². The van der Waals surface area contributed by atoms with Gasteiger partial charge in [0.1, 0.15) is 0 Å². The Kier molecular flexibility index (Phi) is 6.51. The van der Waals surface area contributed by atoms with Crippen molar-refractivity contribution in [3.63, 3.8) is 0 Å². The van der Waals surface area contributed by atoms with Crippen molar-refractivity contribution in [3.05, 3.63) is 30.3 Å². The number of hydrogen-bond donors (Lipinski definition) is 1. The van der Waals surface area contributed by atoms with E-state index >= 15 is 0 Å². The van der Waals surface area contributed by atoms with Crippen molar-refractivity contribution in [3.8, 4) is 11.4 Å². The molecule has 0 bridgehead atoms. The fourth-order valence-electron chi connectivity index (χ4n) is 1.90. The molecule has 0 spiro atoms. The summed E-state index contributed by atoms with van der Waals surface area (Å²) in [5.41, 5.74) is 1.09. The van der Waals surface area contributed by atoms with E-state index in [-0.39, 0.29) is 24.8 Å². The number of hydrogen-bond acceptors (Lipinski definition) is 5. The largest absolute Gasteiger partial charge is 0.344 e. The minimum absolute atomic E-state index is 0. The van der Waals surface area contributed by atoms with Crippen LogP contribution in [0, 0.1) is 0 Å². The van der Waals surface area contributed by atoms with Gasteiger partial charge >= 0.3 is 0 Å². The minimum atomic E-state index is 0. The Labute approximate surface area is 129 Å². The highest BCUT2D eigenvalue weighted by Crippen LogP contribution is 2.23. The quantitative estimate of drug-likeness (QED) is 0.923. The molecule has 0 aliphatic carbocycles. The molecule has 2 heterocycles. The predicted octanol–water partition coefficient (Wildman–Crippen LogP) is 2.46. The van der Waals surface area contributed by atoms with E-state index in [0.29, 0.717) is 0 Å². The van der Waals surface area contributed by atoms with Crippen molar-refractivity contribution in [2.45, 2.75) is 0 Å². The molecule has 2 aromatic rings. The normalized spacial score (nSPS) is 14.4. The second-order valence-corrected chi connectivity index (χ2v) is 4.73. The molecule has 104 valence electrons. The summed E-state index contributed by atoms with van der Waals surface area (Å²) >= 11 is 1.49. The van der Waals surface area contributed by atoms with Crippen LogP contribution in [0.2, 0.25) is 0 Å². The average Bonchev–Trinajstić information content (AvgIpc) is 2.90. The molecule has 1 N–H and O–H groups in total. The van der Waals surface area contributed by atoms with Crippen LogP contribution in [-0.4, -0.2) is 35.5 Å². The Morgan fingerprint density at radius 2 is 1.74 bits per heavy atom. The van der Waals surface area contributed by atoms with Crippen molar-refractivity contribution in [2.24, 2.45) is 0 Å². The van der Waals surface area contributed by atoms with Gasteiger partial charge in [0, 0.05) is 43.3 Å². The van der Waals surface area contributed by atoms with Gasteiger partial charge in [0.05, 0.1) is 0 Å². The zero-order valence-corrected chi connectivity index (χ0v) is 12.7. The number of piperazine rings is 1. The average molecular weight is 319 g/mol. The molecule has 1 aromatic carbocycles. The molecule has 0 unspecified atom stereocenters. The molecule has 3 rings (SSSR count). The third-order valence-electron chi connectivity index (χ3n) is 2.83. The zero-order chi connectivity index (χ0) is 11.5. The Morgan fingerprint density at radius 1 is 1.05 bits per heavy atom. The lowest BCUT2D eigenvalue weighted by molar-refractivity contribution is 0.588. The molecule has 0 amide bonds. The minimum Gasteiger partial charge on any atom is -0.344 e. The summed E-state index contributed by atoms with van der Waals surface area (Å²) in [6.07, 6.45) is 0. The number of rotatable bonds is 2. The summed E-state index contributed by atoms with van der Waals surface area (Å²) in [6, 6.07) is 10.1. The summed E-state index contributed by atoms with van der Waals surface area (Å²) in [7, 11) is 0. The van der Waals surface area contributed by atoms with Gasteiger partial charge in [0.25, 0.3) is 0 Å². The van der Waals surface area contributed by atoms with Gasteiger partial charge in [-0.25, -0.2) is 0 Å². The number of nitrogens with zero attached hydrogens (tertiary/aromatic N) is 3. The maximum absolute atomic E-state index is 4.61. The molecule has 1 aliphatic heterocycles. The monoisotopic (exact) mass is 318 g/mol. The number of benzene rings is 1. The Bertz CT molecular complexity index is 485. The van der Waals surface area contributed by atoms with Crippen LogP contribution in [-0.2, 0) is 0 Å². The maximum Gasteiger partial charge on any atom is 0.205 e. The first-order valence-electron chi connectivity index (χ1n) is 5.78. The van der Waals surface area contributed by atoms with Gasteiger partial charge in [-0.15, -0.1) is 24.8 Å². The van der Waals surface area contributed by atoms with Gasteiger partial charge < -0.3 is 10.2 Å². The number of halogens is 2. The van der Waals surface area contributed by atoms with Gasteiger partial charge in [-0.3, -0.25) is 0 Å². The van der Waals surface area contributed by atoms with Gasteiger partial charge in [-0.1, -0.05) is 30.3 Å². The molecule has 1 aromatic heterocycles. The highest BCUT2D eigenvalue weighted by Gasteiger charge is 2.15. The second kappa shape index (κ2) is 7.65. The first-order chi connectivity index (χ1) is 8.43. The van der Waals surface area contributed by atoms with Crippen LogP contribution in [0.5, 0.6) is 0 Å². The van der Waals surface area contributed by atoms with Gasteiger partial charge in [-0.05, 0) is 0 Å². The van der Waals surface area contributed by atoms with Crippen LogP contribution >= 0.6 is 36.3 Å². The van der Waals surface area contributed by atoms with Crippen molar-refractivity contribution < 1.29 is 0 Å². The molecule has 0 radical (unpaired) electrons. The third-order valence-corrected chi connectivity index (χ3v) is 3.61. The van der Waals surface area contributed by atoms with E-state index in [2.05, 4.69) is 19.6 Å². The Hall–Kier alpha value is -0.880. The Balaban J connectivity index is 0.000000902. The number of nitrogens with one attached hydrogen (secondary N) is 1. The van der Waals surface area contributed by atoms with E-state index in [4.69, 9.17) is 0 Å². The van der Waals surface area contributed by atoms with E-state index in [1.165, 1.54) is 11.5 Å². The summed E-state index contributed by atoms with van der Waals surface area (Å²) in [5, 5.41) is 4.37. The maximum atomic E-state index is 4.61. The Morgan fingerprint density at radius 3 is 2.42 bits per heavy atom. The van der Waals surface area contributed by atoms with Crippen LogP contribution in [0.4, 0.5) is 5.13 Å². The molecule has 1 fully saturated rings. The van der Waals surface area contributed by atoms with Crippen LogP contribution in [0.25, 0.3) is 11.4 Å². The van der Waals surface area contributed by atoms with E-state index < -0.39 is 0 Å². The molecule has 4 nitrogen and oxygen atoms in total. The molecule has 7 heteroatoms. The van der Waals surface area contributed by atoms with Crippen LogP contribution in [0.15, 0.2) is 30.3 Å². The lowest BCUT2D eigenvalue weighted by Gasteiger charge is -2.26. The fraction of sp³-hybridized carbons (Fsp3) is 0.333. The van der Waals surface area contributed by atoms with Gasteiger partial charge in [0.2, 0.25) is 5.13 Å². The predicted molar refractivity (Wildman–Crippen MR) is 84.9 cm³/mol. The van der Waals surface area contributed by atoms with E-state index in [9.17, 15) is 0 Å². The van der Waals surface area contributed by atoms with Crippen molar-refractivity contribution >= 4 is 41.5 Å². The smallest absolute Gasteiger partial charge is 0.205 e. The molecule has 19 heavy (non-hydrogen) atoms. The van der Waals surface area contributed by atoms with E-state index in [0.717, 1.165) is 42.7 Å². The third kappa shape index (κ3) is 3.79. The zero-order valence-electron chi connectivity index (χ0n) is 10.3. The SMILES string of the molecule is Cl.Cl.c1ccc(-c2nsc(N3CCNCC3)n2)cc1. The summed E-state index contributed by atoms with van der Waals surface area (Å²) in [5.74, 6) is 0.837. The topological polar surface area (TPSA) is 41.1 Å². The first-order valence-corrected chi connectivity index (χ1v) is 6.55. The molecule has 1 aliphatic rings. The van der Waals surface area contributed by atoms with Crippen LogP contribution < -0.4 is 10.2 Å². The van der Waals surface area contributed by atoms with Crippen molar-refractivity contribution in [1.82, 2.24) is 14.7 Å². The standard InChI is InChI=1S/C12H14N4S.2ClH/c1-2-4-10(5-3-1)11-14-12(17-15-11)16-8-6-13-7-9-16;;/h1-5,13H,6-9H2;2*1H. The fourth-order valence-corrected chi connectivity index (χ4v) is 2.64. The number of anilines is 1. The highest BCUT2D eigenvalue weighted by atomic mass is 35.5. The second-order valence-electron chi connectivity index (χ2n) is 4.00.